The molecule has 0 bridgehead atoms. The molecule has 0 unspecified atom stereocenters. The monoisotopic (exact) mass is 405 g/mol. The minimum absolute atomic E-state index is 0.131. The zero-order chi connectivity index (χ0) is 20.7. The molecule has 1 aliphatic rings. The molecule has 0 saturated heterocycles. The highest BCUT2D eigenvalue weighted by Crippen LogP contribution is 2.35. The van der Waals surface area contributed by atoms with Gasteiger partial charge in [0.15, 0.2) is 0 Å². The summed E-state index contributed by atoms with van der Waals surface area (Å²) in [5.74, 6) is 0.127. The average molecular weight is 405 g/mol. The van der Waals surface area contributed by atoms with Crippen LogP contribution in [0.1, 0.15) is 19.4 Å². The Morgan fingerprint density at radius 2 is 1.93 bits per heavy atom. The largest absolute Gasteiger partial charge is 0.490 e. The lowest BCUT2D eigenvalue weighted by Gasteiger charge is -2.18. The van der Waals surface area contributed by atoms with Gasteiger partial charge in [-0.15, -0.1) is 0 Å². The number of ether oxygens (including phenoxy) is 1. The van der Waals surface area contributed by atoms with Crippen LogP contribution in [0.2, 0.25) is 0 Å². The summed E-state index contributed by atoms with van der Waals surface area (Å²) in [6, 6.07) is 8.11. The molecule has 0 spiro atoms. The second-order valence-corrected chi connectivity index (χ2v) is 8.80. The summed E-state index contributed by atoms with van der Waals surface area (Å²) in [5, 5.41) is 13.7. The van der Waals surface area contributed by atoms with Crippen LogP contribution in [0, 0.1) is 22.5 Å². The van der Waals surface area contributed by atoms with Crippen molar-refractivity contribution in [1.82, 2.24) is 0 Å². The molecule has 9 nitrogen and oxygen atoms in total. The van der Waals surface area contributed by atoms with Crippen molar-refractivity contribution >= 4 is 33.0 Å². The first kappa shape index (κ1) is 19.6. The molecule has 0 aliphatic carbocycles. The summed E-state index contributed by atoms with van der Waals surface area (Å²) in [5.41, 5.74) is -0.0401. The molecular formula is C18H19N3O6S. The maximum atomic E-state index is 12.7. The summed E-state index contributed by atoms with van der Waals surface area (Å²) in [6.45, 7) is 5.16. The van der Waals surface area contributed by atoms with Crippen LogP contribution >= 0.6 is 0 Å². The van der Waals surface area contributed by atoms with Gasteiger partial charge in [0.2, 0.25) is 5.91 Å². The van der Waals surface area contributed by atoms with Crippen molar-refractivity contribution in [3.8, 4) is 5.75 Å². The molecule has 0 aromatic heterocycles. The summed E-state index contributed by atoms with van der Waals surface area (Å²) in [6.07, 6.45) is 0. The van der Waals surface area contributed by atoms with Crippen LogP contribution in [-0.2, 0) is 14.8 Å². The lowest BCUT2D eigenvalue weighted by atomic mass is 9.94. The molecule has 10 heteroatoms. The van der Waals surface area contributed by atoms with E-state index in [4.69, 9.17) is 4.74 Å². The number of hydrogen-bond acceptors (Lipinski definition) is 6. The van der Waals surface area contributed by atoms with E-state index < -0.39 is 20.4 Å². The fourth-order valence-corrected chi connectivity index (χ4v) is 3.94. The Labute approximate surface area is 161 Å². The number of benzene rings is 2. The number of rotatable bonds is 4. The van der Waals surface area contributed by atoms with E-state index in [9.17, 15) is 23.3 Å². The minimum atomic E-state index is -4.07. The lowest BCUT2D eigenvalue weighted by molar-refractivity contribution is -0.385. The molecule has 0 saturated carbocycles. The third-order valence-corrected chi connectivity index (χ3v) is 5.88. The highest BCUT2D eigenvalue weighted by atomic mass is 32.2. The van der Waals surface area contributed by atoms with E-state index in [1.807, 2.05) is 0 Å². The number of nitrogens with one attached hydrogen (secondary N) is 2. The number of anilines is 2. The van der Waals surface area contributed by atoms with Crippen molar-refractivity contribution in [2.75, 3.05) is 16.6 Å². The number of fused-ring (bicyclic) bond motifs is 1. The highest BCUT2D eigenvalue weighted by molar-refractivity contribution is 7.92. The maximum Gasteiger partial charge on any atom is 0.270 e. The number of hydrogen-bond donors (Lipinski definition) is 2. The second kappa shape index (κ2) is 6.79. The predicted octanol–water partition coefficient (Wildman–Crippen LogP) is 3.06. The van der Waals surface area contributed by atoms with Gasteiger partial charge in [-0.1, -0.05) is 6.07 Å². The van der Waals surface area contributed by atoms with Crippen molar-refractivity contribution in [2.45, 2.75) is 25.7 Å². The first-order valence-electron chi connectivity index (χ1n) is 8.36. The molecule has 148 valence electrons. The number of amides is 1. The molecule has 28 heavy (non-hydrogen) atoms. The molecule has 0 radical (unpaired) electrons. The van der Waals surface area contributed by atoms with Gasteiger partial charge >= 0.3 is 0 Å². The number of nitro benzene ring substituents is 1. The molecule has 1 heterocycles. The number of nitrogens with zero attached hydrogens (tertiary/aromatic N) is 1. The smallest absolute Gasteiger partial charge is 0.270 e. The zero-order valence-electron chi connectivity index (χ0n) is 15.5. The van der Waals surface area contributed by atoms with Gasteiger partial charge in [-0.2, -0.15) is 0 Å². The van der Waals surface area contributed by atoms with Crippen LogP contribution in [-0.4, -0.2) is 25.9 Å². The van der Waals surface area contributed by atoms with Gasteiger partial charge in [0, 0.05) is 18.2 Å². The number of sulfonamides is 1. The van der Waals surface area contributed by atoms with Gasteiger partial charge in [0.1, 0.15) is 12.4 Å². The van der Waals surface area contributed by atoms with E-state index in [1.54, 1.807) is 20.8 Å². The van der Waals surface area contributed by atoms with E-state index in [-0.39, 0.29) is 28.8 Å². The molecule has 1 aliphatic heterocycles. The Hall–Kier alpha value is -3.14. The maximum absolute atomic E-state index is 12.7. The summed E-state index contributed by atoms with van der Waals surface area (Å²) in [4.78, 5) is 22.3. The van der Waals surface area contributed by atoms with E-state index in [0.29, 0.717) is 17.0 Å². The molecule has 1 amide bonds. The van der Waals surface area contributed by atoms with Crippen LogP contribution in [0.15, 0.2) is 41.3 Å². The molecule has 2 aromatic rings. The Balaban J connectivity index is 1.93. The number of non-ortho nitro benzene ring substituents is 1. The van der Waals surface area contributed by atoms with E-state index in [0.717, 1.165) is 6.07 Å². The van der Waals surface area contributed by atoms with Crippen molar-refractivity contribution in [2.24, 2.45) is 5.41 Å². The summed E-state index contributed by atoms with van der Waals surface area (Å²) >= 11 is 0. The number of carbonyl (C=O) groups is 1. The molecule has 2 N–H and O–H groups in total. The standard InChI is InChI=1S/C18H19N3O6S/c1-11-4-6-13(21(23)24)9-16(11)28(25,26)20-12-5-7-14-15(8-12)27-10-18(2,3)17(22)19-14/h4-9,20H,10H2,1-3H3,(H,19,22). The Morgan fingerprint density at radius 3 is 2.61 bits per heavy atom. The Bertz CT molecular complexity index is 1080. The zero-order valence-corrected chi connectivity index (χ0v) is 16.3. The molecule has 0 atom stereocenters. The van der Waals surface area contributed by atoms with Gasteiger partial charge in [0.05, 0.1) is 26.6 Å². The van der Waals surface area contributed by atoms with Crippen LogP contribution in [0.4, 0.5) is 17.1 Å². The highest BCUT2D eigenvalue weighted by Gasteiger charge is 2.32. The van der Waals surface area contributed by atoms with Crippen molar-refractivity contribution in [3.05, 3.63) is 52.1 Å². The summed E-state index contributed by atoms with van der Waals surface area (Å²) < 4.78 is 33.6. The van der Waals surface area contributed by atoms with Gasteiger partial charge in [0.25, 0.3) is 15.7 Å². The first-order valence-corrected chi connectivity index (χ1v) is 9.84. The Morgan fingerprint density at radius 1 is 1.21 bits per heavy atom. The van der Waals surface area contributed by atoms with Gasteiger partial charge in [-0.3, -0.25) is 19.6 Å². The van der Waals surface area contributed by atoms with E-state index >= 15 is 0 Å². The van der Waals surface area contributed by atoms with Crippen LogP contribution in [0.3, 0.4) is 0 Å². The van der Waals surface area contributed by atoms with Gasteiger partial charge in [-0.05, 0) is 38.5 Å². The lowest BCUT2D eigenvalue weighted by Crippen LogP contribution is -2.33. The van der Waals surface area contributed by atoms with Crippen molar-refractivity contribution in [1.29, 1.82) is 0 Å². The molecule has 2 aromatic carbocycles. The quantitative estimate of drug-likeness (QED) is 0.594. The van der Waals surface area contributed by atoms with Crippen molar-refractivity contribution in [3.63, 3.8) is 0 Å². The van der Waals surface area contributed by atoms with Crippen LogP contribution < -0.4 is 14.8 Å². The fourth-order valence-electron chi connectivity index (χ4n) is 2.63. The normalized spacial score (nSPS) is 15.6. The Kier molecular flexibility index (Phi) is 4.76. The van der Waals surface area contributed by atoms with E-state index in [1.165, 1.54) is 30.3 Å². The first-order chi connectivity index (χ1) is 13.0. The number of nitro groups is 1. The van der Waals surface area contributed by atoms with Crippen LogP contribution in [0.25, 0.3) is 0 Å². The predicted molar refractivity (Wildman–Crippen MR) is 103 cm³/mol. The third kappa shape index (κ3) is 3.77. The third-order valence-electron chi connectivity index (χ3n) is 4.36. The number of aryl methyl sites for hydroxylation is 1. The van der Waals surface area contributed by atoms with Gasteiger partial charge in [-0.25, -0.2) is 8.42 Å². The fraction of sp³-hybridized carbons (Fsp3) is 0.278. The topological polar surface area (TPSA) is 128 Å². The number of carbonyl (C=O) groups excluding carboxylic acids is 1. The van der Waals surface area contributed by atoms with Crippen molar-refractivity contribution < 1.29 is 22.9 Å². The molecule has 3 rings (SSSR count). The van der Waals surface area contributed by atoms with Gasteiger partial charge < -0.3 is 10.1 Å². The average Bonchev–Trinajstić information content (AvgIpc) is 2.71. The van der Waals surface area contributed by atoms with E-state index in [2.05, 4.69) is 10.0 Å². The minimum Gasteiger partial charge on any atom is -0.490 e. The van der Waals surface area contributed by atoms with Crippen LogP contribution in [0.5, 0.6) is 5.75 Å². The summed E-state index contributed by atoms with van der Waals surface area (Å²) in [7, 11) is -4.07. The molecule has 0 fully saturated rings. The second-order valence-electron chi connectivity index (χ2n) is 7.15. The molecular weight excluding hydrogens is 386 g/mol. The SMILES string of the molecule is Cc1ccc([N+](=O)[O-])cc1S(=O)(=O)Nc1ccc2c(c1)OCC(C)(C)C(=O)N2.